The highest BCUT2D eigenvalue weighted by Gasteiger charge is 2.06. The SMILES string of the molecule is C=CCN(CCO)CC(N)CC. The van der Waals surface area contributed by atoms with E-state index in [0.29, 0.717) is 6.54 Å². The van der Waals surface area contributed by atoms with Crippen LogP contribution in [0.4, 0.5) is 0 Å². The highest BCUT2D eigenvalue weighted by atomic mass is 16.3. The van der Waals surface area contributed by atoms with Gasteiger partial charge in [-0.05, 0) is 6.42 Å². The van der Waals surface area contributed by atoms with Gasteiger partial charge in [-0.3, -0.25) is 4.90 Å². The third kappa shape index (κ3) is 5.29. The summed E-state index contributed by atoms with van der Waals surface area (Å²) in [4.78, 5) is 2.10. The minimum Gasteiger partial charge on any atom is -0.395 e. The maximum Gasteiger partial charge on any atom is 0.0558 e. The smallest absolute Gasteiger partial charge is 0.0558 e. The standard InChI is InChI=1S/C9H20N2O/c1-3-5-11(6-7-12)8-9(10)4-2/h3,9,12H,1,4-8,10H2,2H3. The van der Waals surface area contributed by atoms with Crippen LogP contribution in [0.25, 0.3) is 0 Å². The predicted molar refractivity (Wildman–Crippen MR) is 52.0 cm³/mol. The first-order valence-corrected chi connectivity index (χ1v) is 4.44. The van der Waals surface area contributed by atoms with Crippen molar-refractivity contribution in [2.75, 3.05) is 26.2 Å². The highest BCUT2D eigenvalue weighted by molar-refractivity contribution is 4.76. The molecule has 1 atom stereocenters. The molecule has 0 rings (SSSR count). The number of rotatable bonds is 7. The van der Waals surface area contributed by atoms with Gasteiger partial charge in [0.1, 0.15) is 0 Å². The molecular formula is C9H20N2O. The van der Waals surface area contributed by atoms with Gasteiger partial charge in [-0.2, -0.15) is 0 Å². The highest BCUT2D eigenvalue weighted by Crippen LogP contribution is 1.93. The lowest BCUT2D eigenvalue weighted by atomic mass is 10.2. The van der Waals surface area contributed by atoms with Crippen LogP contribution < -0.4 is 5.73 Å². The lowest BCUT2D eigenvalue weighted by molar-refractivity contribution is 0.200. The van der Waals surface area contributed by atoms with Crippen molar-refractivity contribution in [3.63, 3.8) is 0 Å². The van der Waals surface area contributed by atoms with Crippen LogP contribution in [0, 0.1) is 0 Å². The van der Waals surface area contributed by atoms with Gasteiger partial charge in [0.15, 0.2) is 0 Å². The first-order valence-electron chi connectivity index (χ1n) is 4.44. The quantitative estimate of drug-likeness (QED) is 0.539. The molecule has 0 aliphatic heterocycles. The van der Waals surface area contributed by atoms with E-state index in [0.717, 1.165) is 19.5 Å². The summed E-state index contributed by atoms with van der Waals surface area (Å²) in [6.07, 6.45) is 2.80. The average Bonchev–Trinajstić information content (AvgIpc) is 2.05. The summed E-state index contributed by atoms with van der Waals surface area (Å²) < 4.78 is 0. The maximum absolute atomic E-state index is 8.73. The second-order valence-corrected chi connectivity index (χ2v) is 2.94. The van der Waals surface area contributed by atoms with E-state index < -0.39 is 0 Å². The molecule has 0 amide bonds. The predicted octanol–water partition coefficient (Wildman–Crippen LogP) is 0.204. The molecule has 0 saturated carbocycles. The molecule has 3 heteroatoms. The number of nitrogens with zero attached hydrogens (tertiary/aromatic N) is 1. The van der Waals surface area contributed by atoms with Crippen LogP contribution in [-0.4, -0.2) is 42.3 Å². The Morgan fingerprint density at radius 1 is 1.67 bits per heavy atom. The Morgan fingerprint density at radius 2 is 2.33 bits per heavy atom. The molecule has 0 fully saturated rings. The van der Waals surface area contributed by atoms with Crippen molar-refractivity contribution in [2.24, 2.45) is 5.73 Å². The van der Waals surface area contributed by atoms with Gasteiger partial charge < -0.3 is 10.8 Å². The van der Waals surface area contributed by atoms with Gasteiger partial charge in [0, 0.05) is 25.7 Å². The Kier molecular flexibility index (Phi) is 7.05. The Hall–Kier alpha value is -0.380. The van der Waals surface area contributed by atoms with Gasteiger partial charge in [-0.15, -0.1) is 6.58 Å². The zero-order chi connectivity index (χ0) is 9.40. The maximum atomic E-state index is 8.73. The lowest BCUT2D eigenvalue weighted by Crippen LogP contribution is -2.38. The van der Waals surface area contributed by atoms with Gasteiger partial charge in [-0.25, -0.2) is 0 Å². The van der Waals surface area contributed by atoms with Crippen molar-refractivity contribution in [3.05, 3.63) is 12.7 Å². The van der Waals surface area contributed by atoms with E-state index in [1.54, 1.807) is 0 Å². The van der Waals surface area contributed by atoms with E-state index in [-0.39, 0.29) is 12.6 Å². The van der Waals surface area contributed by atoms with Crippen LogP contribution in [0.1, 0.15) is 13.3 Å². The molecular weight excluding hydrogens is 152 g/mol. The Labute approximate surface area is 74.9 Å². The lowest BCUT2D eigenvalue weighted by Gasteiger charge is -2.22. The van der Waals surface area contributed by atoms with Crippen molar-refractivity contribution < 1.29 is 5.11 Å². The van der Waals surface area contributed by atoms with Crippen molar-refractivity contribution in [1.29, 1.82) is 0 Å². The molecule has 0 aromatic carbocycles. The van der Waals surface area contributed by atoms with Crippen LogP contribution in [0.2, 0.25) is 0 Å². The Bertz CT molecular complexity index is 117. The molecule has 0 aromatic rings. The van der Waals surface area contributed by atoms with Crippen molar-refractivity contribution in [2.45, 2.75) is 19.4 Å². The Balaban J connectivity index is 3.68. The second-order valence-electron chi connectivity index (χ2n) is 2.94. The van der Waals surface area contributed by atoms with Gasteiger partial charge in [0.05, 0.1) is 6.61 Å². The van der Waals surface area contributed by atoms with E-state index in [2.05, 4.69) is 18.4 Å². The minimum absolute atomic E-state index is 0.185. The molecule has 12 heavy (non-hydrogen) atoms. The fraction of sp³-hybridized carbons (Fsp3) is 0.778. The number of aliphatic hydroxyl groups is 1. The average molecular weight is 172 g/mol. The number of aliphatic hydroxyl groups excluding tert-OH is 1. The van der Waals surface area contributed by atoms with E-state index in [9.17, 15) is 0 Å². The normalized spacial score (nSPS) is 13.3. The molecule has 3 nitrogen and oxygen atoms in total. The van der Waals surface area contributed by atoms with Crippen molar-refractivity contribution in [1.82, 2.24) is 4.90 Å². The zero-order valence-electron chi connectivity index (χ0n) is 7.87. The summed E-state index contributed by atoms with van der Waals surface area (Å²) in [6.45, 7) is 8.22. The van der Waals surface area contributed by atoms with E-state index in [1.165, 1.54) is 0 Å². The van der Waals surface area contributed by atoms with Gasteiger partial charge in [0.25, 0.3) is 0 Å². The zero-order valence-corrected chi connectivity index (χ0v) is 7.87. The first-order chi connectivity index (χ1) is 5.74. The summed E-state index contributed by atoms with van der Waals surface area (Å²) in [6, 6.07) is 0.205. The summed E-state index contributed by atoms with van der Waals surface area (Å²) in [5.41, 5.74) is 5.78. The number of hydrogen-bond acceptors (Lipinski definition) is 3. The molecule has 0 bridgehead atoms. The largest absolute Gasteiger partial charge is 0.395 e. The molecule has 0 aromatic heterocycles. The molecule has 0 aliphatic rings. The van der Waals surface area contributed by atoms with Gasteiger partial charge in [0.2, 0.25) is 0 Å². The summed E-state index contributed by atoms with van der Waals surface area (Å²) in [7, 11) is 0. The summed E-state index contributed by atoms with van der Waals surface area (Å²) in [5, 5.41) is 8.73. The Morgan fingerprint density at radius 3 is 2.75 bits per heavy atom. The van der Waals surface area contributed by atoms with Crippen molar-refractivity contribution in [3.8, 4) is 0 Å². The van der Waals surface area contributed by atoms with Gasteiger partial charge >= 0.3 is 0 Å². The van der Waals surface area contributed by atoms with Crippen molar-refractivity contribution >= 4 is 0 Å². The second kappa shape index (κ2) is 7.28. The fourth-order valence-electron chi connectivity index (χ4n) is 1.04. The summed E-state index contributed by atoms with van der Waals surface area (Å²) >= 11 is 0. The van der Waals surface area contributed by atoms with Crippen LogP contribution in [0.3, 0.4) is 0 Å². The van der Waals surface area contributed by atoms with Crippen LogP contribution in [0.5, 0.6) is 0 Å². The molecule has 0 saturated heterocycles. The minimum atomic E-state index is 0.185. The van der Waals surface area contributed by atoms with E-state index in [1.807, 2.05) is 6.08 Å². The van der Waals surface area contributed by atoms with E-state index in [4.69, 9.17) is 10.8 Å². The fourth-order valence-corrected chi connectivity index (χ4v) is 1.04. The molecule has 0 spiro atoms. The van der Waals surface area contributed by atoms with Crippen LogP contribution in [0.15, 0.2) is 12.7 Å². The monoisotopic (exact) mass is 172 g/mol. The third-order valence-electron chi connectivity index (χ3n) is 1.82. The van der Waals surface area contributed by atoms with Gasteiger partial charge in [-0.1, -0.05) is 13.0 Å². The van der Waals surface area contributed by atoms with Crippen LogP contribution in [-0.2, 0) is 0 Å². The molecule has 0 radical (unpaired) electrons. The van der Waals surface area contributed by atoms with E-state index >= 15 is 0 Å². The third-order valence-corrected chi connectivity index (χ3v) is 1.82. The molecule has 0 heterocycles. The number of hydrogen-bond donors (Lipinski definition) is 2. The molecule has 3 N–H and O–H groups in total. The molecule has 0 aliphatic carbocycles. The first kappa shape index (κ1) is 11.6. The topological polar surface area (TPSA) is 49.5 Å². The molecule has 1 unspecified atom stereocenters. The van der Waals surface area contributed by atoms with Crippen LogP contribution >= 0.6 is 0 Å². The molecule has 72 valence electrons. The summed E-state index contributed by atoms with van der Waals surface area (Å²) in [5.74, 6) is 0. The number of nitrogens with two attached hydrogens (primary N) is 1.